The summed E-state index contributed by atoms with van der Waals surface area (Å²) in [4.78, 5) is 26.2. The maximum atomic E-state index is 13.7. The molecule has 0 atom stereocenters. The van der Waals surface area contributed by atoms with Crippen LogP contribution in [0, 0.1) is 20.8 Å². The molecule has 0 radical (unpaired) electrons. The van der Waals surface area contributed by atoms with Gasteiger partial charge >= 0.3 is 0 Å². The van der Waals surface area contributed by atoms with Gasteiger partial charge in [-0.15, -0.1) is 0 Å². The number of carbonyl (C=O) groups excluding carboxylic acids is 2. The van der Waals surface area contributed by atoms with E-state index in [0.29, 0.717) is 22.6 Å². The van der Waals surface area contributed by atoms with Crippen LogP contribution in [0.4, 0.5) is 17.1 Å². The monoisotopic (exact) mass is 583 g/mol. The van der Waals surface area contributed by atoms with Crippen molar-refractivity contribution in [2.24, 2.45) is 0 Å². The van der Waals surface area contributed by atoms with E-state index in [-0.39, 0.29) is 16.2 Å². The Hall–Kier alpha value is -4.43. The molecule has 4 rings (SSSR count). The number of carbonyl (C=O) groups is 2. The lowest BCUT2D eigenvalue weighted by atomic mass is 9.87. The summed E-state index contributed by atoms with van der Waals surface area (Å²) in [5.41, 5.74) is 5.80. The van der Waals surface area contributed by atoms with Crippen LogP contribution in [0.5, 0.6) is 0 Å². The topological polar surface area (TPSA) is 95.6 Å². The molecule has 0 spiro atoms. The number of sulfonamides is 1. The number of hydrogen-bond acceptors (Lipinski definition) is 4. The highest BCUT2D eigenvalue weighted by atomic mass is 32.2. The van der Waals surface area contributed by atoms with Gasteiger partial charge in [-0.1, -0.05) is 62.7 Å². The van der Waals surface area contributed by atoms with Crippen LogP contribution in [-0.4, -0.2) is 26.8 Å². The first-order chi connectivity index (χ1) is 19.7. The minimum Gasteiger partial charge on any atom is -0.324 e. The Labute approximate surface area is 248 Å². The maximum Gasteiger partial charge on any atom is 0.264 e. The van der Waals surface area contributed by atoms with Crippen molar-refractivity contribution in [2.75, 3.05) is 21.5 Å². The van der Waals surface area contributed by atoms with Crippen LogP contribution in [0.15, 0.2) is 95.9 Å². The van der Waals surface area contributed by atoms with Gasteiger partial charge in [0, 0.05) is 16.9 Å². The van der Waals surface area contributed by atoms with Crippen molar-refractivity contribution < 1.29 is 18.0 Å². The lowest BCUT2D eigenvalue weighted by Gasteiger charge is -2.25. The number of benzene rings is 4. The zero-order valence-electron chi connectivity index (χ0n) is 24.9. The van der Waals surface area contributed by atoms with Gasteiger partial charge in [-0.25, -0.2) is 8.42 Å². The molecule has 0 fully saturated rings. The van der Waals surface area contributed by atoms with Crippen LogP contribution in [0.3, 0.4) is 0 Å². The van der Waals surface area contributed by atoms with Crippen LogP contribution in [-0.2, 0) is 20.2 Å². The first kappa shape index (κ1) is 30.5. The normalized spacial score (nSPS) is 11.6. The van der Waals surface area contributed by atoms with Crippen molar-refractivity contribution in [2.45, 2.75) is 51.9 Å². The van der Waals surface area contributed by atoms with Crippen molar-refractivity contribution in [3.05, 3.63) is 119 Å². The summed E-state index contributed by atoms with van der Waals surface area (Å²) in [5.74, 6) is -0.797. The molecule has 0 aliphatic heterocycles. The Morgan fingerprint density at radius 3 is 1.95 bits per heavy atom. The van der Waals surface area contributed by atoms with Gasteiger partial charge < -0.3 is 10.6 Å². The lowest BCUT2D eigenvalue weighted by Crippen LogP contribution is -2.38. The molecule has 4 aromatic rings. The van der Waals surface area contributed by atoms with Gasteiger partial charge in [0.05, 0.1) is 10.6 Å². The van der Waals surface area contributed by atoms with Crippen LogP contribution < -0.4 is 14.9 Å². The van der Waals surface area contributed by atoms with E-state index < -0.39 is 22.5 Å². The van der Waals surface area contributed by atoms with Gasteiger partial charge in [0.2, 0.25) is 5.91 Å². The van der Waals surface area contributed by atoms with Gasteiger partial charge in [0.15, 0.2) is 0 Å². The van der Waals surface area contributed by atoms with Crippen molar-refractivity contribution >= 4 is 38.9 Å². The van der Waals surface area contributed by atoms with Crippen molar-refractivity contribution in [1.82, 2.24) is 0 Å². The second kappa shape index (κ2) is 12.2. The summed E-state index contributed by atoms with van der Waals surface area (Å²) in [6.45, 7) is 11.6. The third-order valence-corrected chi connectivity index (χ3v) is 8.88. The van der Waals surface area contributed by atoms with E-state index in [4.69, 9.17) is 0 Å². The van der Waals surface area contributed by atoms with Crippen LogP contribution >= 0.6 is 0 Å². The fourth-order valence-electron chi connectivity index (χ4n) is 4.36. The summed E-state index contributed by atoms with van der Waals surface area (Å²) >= 11 is 0. The Morgan fingerprint density at radius 1 is 0.738 bits per heavy atom. The van der Waals surface area contributed by atoms with E-state index in [1.807, 2.05) is 39.0 Å². The molecule has 0 aromatic heterocycles. The summed E-state index contributed by atoms with van der Waals surface area (Å²) in [7, 11) is -4.04. The lowest BCUT2D eigenvalue weighted by molar-refractivity contribution is -0.114. The average Bonchev–Trinajstić information content (AvgIpc) is 2.93. The molecule has 7 nitrogen and oxygen atoms in total. The molecule has 4 aromatic carbocycles. The summed E-state index contributed by atoms with van der Waals surface area (Å²) < 4.78 is 28.5. The minimum absolute atomic E-state index is 0.0190. The third kappa shape index (κ3) is 7.25. The molecule has 8 heteroatoms. The second-order valence-corrected chi connectivity index (χ2v) is 13.4. The number of hydrogen-bond donors (Lipinski definition) is 2. The van der Waals surface area contributed by atoms with E-state index in [2.05, 4.69) is 31.4 Å². The van der Waals surface area contributed by atoms with E-state index >= 15 is 0 Å². The molecular weight excluding hydrogens is 546 g/mol. The predicted octanol–water partition coefficient (Wildman–Crippen LogP) is 7.00. The number of aryl methyl sites for hydroxylation is 3. The quantitative estimate of drug-likeness (QED) is 0.234. The molecule has 218 valence electrons. The smallest absolute Gasteiger partial charge is 0.264 e. The van der Waals surface area contributed by atoms with Gasteiger partial charge in [-0.2, -0.15) is 0 Å². The first-order valence-electron chi connectivity index (χ1n) is 13.7. The Morgan fingerprint density at radius 2 is 1.36 bits per heavy atom. The molecule has 0 heterocycles. The zero-order chi connectivity index (χ0) is 30.7. The van der Waals surface area contributed by atoms with Crippen LogP contribution in [0.2, 0.25) is 0 Å². The van der Waals surface area contributed by atoms with E-state index in [1.54, 1.807) is 72.8 Å². The molecular formula is C34H37N3O4S. The zero-order valence-corrected chi connectivity index (χ0v) is 25.7. The van der Waals surface area contributed by atoms with Gasteiger partial charge in [0.25, 0.3) is 15.9 Å². The molecule has 0 aliphatic rings. The molecule has 0 saturated heterocycles. The van der Waals surface area contributed by atoms with Crippen LogP contribution in [0.25, 0.3) is 0 Å². The molecule has 0 aliphatic carbocycles. The number of nitrogens with one attached hydrogen (secondary N) is 2. The molecule has 42 heavy (non-hydrogen) atoms. The van der Waals surface area contributed by atoms with Crippen molar-refractivity contribution in [3.8, 4) is 0 Å². The number of amides is 2. The van der Waals surface area contributed by atoms with E-state index in [1.165, 1.54) is 0 Å². The highest BCUT2D eigenvalue weighted by molar-refractivity contribution is 7.92. The van der Waals surface area contributed by atoms with Gasteiger partial charge in [-0.3, -0.25) is 13.9 Å². The first-order valence-corrected chi connectivity index (χ1v) is 15.2. The fraction of sp³-hybridized carbons (Fsp3) is 0.235. The third-order valence-electron chi connectivity index (χ3n) is 7.09. The van der Waals surface area contributed by atoms with E-state index in [0.717, 1.165) is 26.6 Å². The second-order valence-electron chi connectivity index (χ2n) is 11.5. The van der Waals surface area contributed by atoms with Gasteiger partial charge in [0.1, 0.15) is 6.54 Å². The number of nitrogens with zero attached hydrogens (tertiary/aromatic N) is 1. The molecule has 2 N–H and O–H groups in total. The highest BCUT2D eigenvalue weighted by Crippen LogP contribution is 2.27. The number of rotatable bonds is 8. The Kier molecular flexibility index (Phi) is 8.87. The fourth-order valence-corrected chi connectivity index (χ4v) is 5.78. The summed E-state index contributed by atoms with van der Waals surface area (Å²) in [6, 6.07) is 26.0. The largest absolute Gasteiger partial charge is 0.324 e. The van der Waals surface area contributed by atoms with Crippen molar-refractivity contribution in [1.29, 1.82) is 0 Å². The molecule has 0 saturated carbocycles. The van der Waals surface area contributed by atoms with E-state index in [9.17, 15) is 18.0 Å². The van der Waals surface area contributed by atoms with Crippen molar-refractivity contribution in [3.63, 3.8) is 0 Å². The Bertz CT molecular complexity index is 1710. The van der Waals surface area contributed by atoms with Gasteiger partial charge in [-0.05, 0) is 97.5 Å². The summed E-state index contributed by atoms with van der Waals surface area (Å²) in [6.07, 6.45) is 0. The standard InChI is InChI=1S/C34H37N3O4S/c1-23-10-18-31(19-11-23)42(40,41)37(30-17-12-24(2)25(3)20-30)22-32(38)35-28-8-7-9-29(21-28)36-33(39)26-13-15-27(16-14-26)34(4,5)6/h7-21H,22H2,1-6H3,(H,35,38)(H,36,39). The SMILES string of the molecule is Cc1ccc(S(=O)(=O)N(CC(=O)Nc2cccc(NC(=O)c3ccc(C(C)(C)C)cc3)c2)c2ccc(C)c(C)c2)cc1. The minimum atomic E-state index is -4.04. The predicted molar refractivity (Wildman–Crippen MR) is 170 cm³/mol. The molecule has 0 unspecified atom stereocenters. The Balaban J connectivity index is 1.53. The molecule has 2 amide bonds. The maximum absolute atomic E-state index is 13.7. The number of anilines is 3. The average molecular weight is 584 g/mol. The summed E-state index contributed by atoms with van der Waals surface area (Å²) in [5, 5.41) is 5.64. The van der Waals surface area contributed by atoms with Crippen LogP contribution in [0.1, 0.15) is 53.4 Å². The molecule has 0 bridgehead atoms. The highest BCUT2D eigenvalue weighted by Gasteiger charge is 2.27.